The number of alkyl halides is 3. The molecular weight excluding hydrogens is 557 g/mol. The molecule has 1 spiro atoms. The Balaban J connectivity index is 1.27. The van der Waals surface area contributed by atoms with Crippen molar-refractivity contribution in [2.75, 3.05) is 33.9 Å². The van der Waals surface area contributed by atoms with E-state index in [-0.39, 0.29) is 17.6 Å². The molecule has 3 aromatic rings. The molecule has 2 amide bonds. The number of para-hydroxylation sites is 1. The van der Waals surface area contributed by atoms with E-state index in [4.69, 9.17) is 9.47 Å². The van der Waals surface area contributed by atoms with Gasteiger partial charge in [0.25, 0.3) is 0 Å². The normalized spacial score (nSPS) is 20.1. The molecule has 0 aliphatic carbocycles. The van der Waals surface area contributed by atoms with Crippen molar-refractivity contribution in [2.24, 2.45) is 0 Å². The molecule has 2 fully saturated rings. The number of carbonyl (C=O) groups excluding carboxylic acids is 1. The number of nitrogens with zero attached hydrogens (tertiary/aromatic N) is 4. The Morgan fingerprint density at radius 3 is 2.44 bits per heavy atom. The fraction of sp³-hybridized carbons (Fsp3) is 0.424. The number of carbonyl (C=O) groups is 1. The molecule has 0 bridgehead atoms. The van der Waals surface area contributed by atoms with Crippen LogP contribution in [0.25, 0.3) is 5.69 Å². The monoisotopic (exact) mass is 594 g/mol. The van der Waals surface area contributed by atoms with Crippen molar-refractivity contribution in [1.29, 1.82) is 0 Å². The maximum absolute atomic E-state index is 13.9. The molecule has 10 heteroatoms. The third kappa shape index (κ3) is 4.85. The van der Waals surface area contributed by atoms with Crippen molar-refractivity contribution >= 4 is 6.03 Å². The Morgan fingerprint density at radius 1 is 1.02 bits per heavy atom. The number of methoxy groups -OCH3 is 2. The number of allylic oxidation sites excluding steroid dienone is 1. The third-order valence-corrected chi connectivity index (χ3v) is 9.28. The number of piperidine rings is 1. The molecule has 7 nitrogen and oxygen atoms in total. The van der Waals surface area contributed by atoms with Crippen LogP contribution in [-0.4, -0.2) is 64.7 Å². The van der Waals surface area contributed by atoms with Gasteiger partial charge in [0.15, 0.2) is 0 Å². The molecule has 6 rings (SSSR count). The van der Waals surface area contributed by atoms with Crippen LogP contribution in [0.4, 0.5) is 18.0 Å². The molecule has 2 saturated heterocycles. The minimum Gasteiger partial charge on any atom is -0.497 e. The van der Waals surface area contributed by atoms with Gasteiger partial charge in [0, 0.05) is 61.3 Å². The number of benzene rings is 2. The second-order valence-corrected chi connectivity index (χ2v) is 11.5. The van der Waals surface area contributed by atoms with Gasteiger partial charge in [-0.2, -0.15) is 13.2 Å². The number of ether oxygens (including phenoxy) is 2. The minimum atomic E-state index is -4.45. The zero-order valence-corrected chi connectivity index (χ0v) is 24.9. The highest BCUT2D eigenvalue weighted by Gasteiger charge is 2.54. The lowest BCUT2D eigenvalue weighted by atomic mass is 9.82. The Kier molecular flexibility index (Phi) is 7.44. The summed E-state index contributed by atoms with van der Waals surface area (Å²) in [6, 6.07) is 13.2. The first-order valence-electron chi connectivity index (χ1n) is 14.7. The van der Waals surface area contributed by atoms with Crippen molar-refractivity contribution in [3.05, 3.63) is 88.9 Å². The van der Waals surface area contributed by atoms with Gasteiger partial charge in [-0.05, 0) is 55.7 Å². The molecule has 1 atom stereocenters. The summed E-state index contributed by atoms with van der Waals surface area (Å²) in [5.74, 6) is 1.46. The number of rotatable bonds is 6. The van der Waals surface area contributed by atoms with Crippen LogP contribution >= 0.6 is 0 Å². The maximum Gasteiger partial charge on any atom is 0.418 e. The highest BCUT2D eigenvalue weighted by atomic mass is 19.4. The van der Waals surface area contributed by atoms with Crippen LogP contribution in [0.3, 0.4) is 0 Å². The molecular formula is C33H37F3N4O3. The van der Waals surface area contributed by atoms with E-state index in [2.05, 4.69) is 17.9 Å². The van der Waals surface area contributed by atoms with Gasteiger partial charge >= 0.3 is 12.2 Å². The van der Waals surface area contributed by atoms with Crippen molar-refractivity contribution in [2.45, 2.75) is 57.4 Å². The van der Waals surface area contributed by atoms with Crippen molar-refractivity contribution in [3.63, 3.8) is 0 Å². The summed E-state index contributed by atoms with van der Waals surface area (Å²) in [6.07, 6.45) is 0.939. The molecule has 228 valence electrons. The van der Waals surface area contributed by atoms with Gasteiger partial charge in [0.1, 0.15) is 11.5 Å². The van der Waals surface area contributed by atoms with Gasteiger partial charge < -0.3 is 18.9 Å². The number of fused-ring (bicyclic) bond motifs is 3. The van der Waals surface area contributed by atoms with Crippen LogP contribution in [0.5, 0.6) is 11.5 Å². The van der Waals surface area contributed by atoms with E-state index in [1.807, 2.05) is 34.9 Å². The number of halogens is 3. The number of amides is 2. The minimum absolute atomic E-state index is 0.00155. The Hall–Kier alpha value is -3.92. The predicted molar refractivity (Wildman–Crippen MR) is 157 cm³/mol. The van der Waals surface area contributed by atoms with Crippen molar-refractivity contribution in [1.82, 2.24) is 19.3 Å². The number of likely N-dealkylation sites (N-methyl/N-ethyl adjacent to an activating group) is 1. The average molecular weight is 595 g/mol. The number of aromatic nitrogens is 1. The summed E-state index contributed by atoms with van der Waals surface area (Å²) in [5, 5.41) is 0. The highest BCUT2D eigenvalue weighted by molar-refractivity contribution is 5.83. The van der Waals surface area contributed by atoms with Gasteiger partial charge in [-0.15, -0.1) is 0 Å². The van der Waals surface area contributed by atoms with Crippen molar-refractivity contribution in [3.8, 4) is 17.2 Å². The van der Waals surface area contributed by atoms with E-state index in [0.717, 1.165) is 47.2 Å². The summed E-state index contributed by atoms with van der Waals surface area (Å²) < 4.78 is 54.3. The van der Waals surface area contributed by atoms with Gasteiger partial charge in [0.2, 0.25) is 0 Å². The zero-order valence-electron chi connectivity index (χ0n) is 24.9. The maximum atomic E-state index is 13.9. The summed E-state index contributed by atoms with van der Waals surface area (Å²) >= 11 is 0. The van der Waals surface area contributed by atoms with E-state index in [1.54, 1.807) is 37.1 Å². The fourth-order valence-electron chi connectivity index (χ4n) is 7.28. The standard InChI is InChI=1S/C33H37F3N4O3/c1-5-40-31(41)39-20-23-18-25(42-3)19-28(43-4)30(23)22(2)17-29(39)32(40)12-15-37(16-13-32)21-24-9-8-14-38(24)27-11-7-6-10-26(27)33(34,35)36/h6-11,14,17-19,22H,5,12-13,15-16,20-21H2,1-4H3/t22-/m0/s1. The Morgan fingerprint density at radius 2 is 1.77 bits per heavy atom. The first kappa shape index (κ1) is 29.2. The second kappa shape index (κ2) is 11.0. The predicted octanol–water partition coefficient (Wildman–Crippen LogP) is 6.81. The molecule has 0 saturated carbocycles. The highest BCUT2D eigenvalue weighted by Crippen LogP contribution is 2.49. The first-order chi connectivity index (χ1) is 20.6. The van der Waals surface area contributed by atoms with Crippen LogP contribution < -0.4 is 9.47 Å². The smallest absolute Gasteiger partial charge is 0.418 e. The van der Waals surface area contributed by atoms with E-state index in [0.29, 0.717) is 38.5 Å². The van der Waals surface area contributed by atoms with E-state index in [9.17, 15) is 18.0 Å². The molecule has 0 unspecified atom stereocenters. The van der Waals surface area contributed by atoms with E-state index >= 15 is 0 Å². The molecule has 4 heterocycles. The topological polar surface area (TPSA) is 50.2 Å². The van der Waals surface area contributed by atoms with E-state index < -0.39 is 17.3 Å². The van der Waals surface area contributed by atoms with E-state index in [1.165, 1.54) is 12.1 Å². The lowest BCUT2D eigenvalue weighted by molar-refractivity contribution is -0.137. The van der Waals surface area contributed by atoms with Crippen LogP contribution in [0.1, 0.15) is 55.0 Å². The molecule has 2 aromatic carbocycles. The summed E-state index contributed by atoms with van der Waals surface area (Å²) in [4.78, 5) is 20.1. The fourth-order valence-corrected chi connectivity index (χ4v) is 7.28. The first-order valence-corrected chi connectivity index (χ1v) is 14.7. The SMILES string of the molecule is CCN1C(=O)N2Cc3cc(OC)cc(OC)c3[C@@H](C)C=C2C12CCN(Cc1cccn1-c1ccccc1C(F)(F)F)CC2. The second-order valence-electron chi connectivity index (χ2n) is 11.5. The molecule has 1 aromatic heterocycles. The number of urea groups is 1. The average Bonchev–Trinajstić information content (AvgIpc) is 3.48. The Bertz CT molecular complexity index is 1550. The quantitative estimate of drug-likeness (QED) is 0.315. The third-order valence-electron chi connectivity index (χ3n) is 9.28. The van der Waals surface area contributed by atoms with Crippen LogP contribution in [-0.2, 0) is 19.3 Å². The number of hydrogen-bond donors (Lipinski definition) is 0. The van der Waals surface area contributed by atoms with Gasteiger partial charge in [-0.1, -0.05) is 25.1 Å². The van der Waals surface area contributed by atoms with Crippen molar-refractivity contribution < 1.29 is 27.4 Å². The van der Waals surface area contributed by atoms with Crippen LogP contribution in [0, 0.1) is 0 Å². The lowest BCUT2D eigenvalue weighted by Crippen LogP contribution is -2.53. The Labute approximate surface area is 250 Å². The molecule has 0 N–H and O–H groups in total. The zero-order chi connectivity index (χ0) is 30.5. The summed E-state index contributed by atoms with van der Waals surface area (Å²) in [5.41, 5.74) is 2.93. The number of likely N-dealkylation sites (tertiary alicyclic amines) is 1. The number of hydrogen-bond acceptors (Lipinski definition) is 4. The van der Waals surface area contributed by atoms with Gasteiger partial charge in [-0.3, -0.25) is 9.80 Å². The molecule has 3 aliphatic rings. The molecule has 43 heavy (non-hydrogen) atoms. The largest absolute Gasteiger partial charge is 0.497 e. The van der Waals surface area contributed by atoms with Crippen LogP contribution in [0.2, 0.25) is 0 Å². The van der Waals surface area contributed by atoms with Gasteiger partial charge in [0.05, 0.1) is 37.6 Å². The van der Waals surface area contributed by atoms with Gasteiger partial charge in [-0.25, -0.2) is 4.79 Å². The summed E-state index contributed by atoms with van der Waals surface area (Å²) in [7, 11) is 3.28. The summed E-state index contributed by atoms with van der Waals surface area (Å²) in [6.45, 7) is 7.11. The van der Waals surface area contributed by atoms with Crippen LogP contribution in [0.15, 0.2) is 66.5 Å². The lowest BCUT2D eigenvalue weighted by Gasteiger charge is -2.44. The molecule has 3 aliphatic heterocycles. The molecule has 0 radical (unpaired) electrons.